The van der Waals surface area contributed by atoms with Gasteiger partial charge in [-0.15, -0.1) is 0 Å². The number of ether oxygens (including phenoxy) is 1. The van der Waals surface area contributed by atoms with Crippen molar-refractivity contribution < 1.29 is 24.2 Å². The van der Waals surface area contributed by atoms with Gasteiger partial charge in [0, 0.05) is 6.04 Å². The monoisotopic (exact) mass is 293 g/mol. The van der Waals surface area contributed by atoms with Crippen LogP contribution in [0.4, 0.5) is 0 Å². The van der Waals surface area contributed by atoms with Crippen LogP contribution in [0.1, 0.15) is 29.8 Å². The third kappa shape index (κ3) is 4.59. The highest BCUT2D eigenvalue weighted by molar-refractivity contribution is 5.92. The Morgan fingerprint density at radius 1 is 1.24 bits per heavy atom. The highest BCUT2D eigenvalue weighted by Gasteiger charge is 2.22. The van der Waals surface area contributed by atoms with Gasteiger partial charge in [-0.1, -0.05) is 18.2 Å². The fourth-order valence-electron chi connectivity index (χ4n) is 1.91. The van der Waals surface area contributed by atoms with Gasteiger partial charge in [-0.2, -0.15) is 0 Å². The van der Waals surface area contributed by atoms with Crippen LogP contribution >= 0.6 is 0 Å². The molecule has 1 amide bonds. The first-order valence-electron chi connectivity index (χ1n) is 6.54. The Hall–Kier alpha value is -2.37. The maximum absolute atomic E-state index is 12.3. The number of rotatable bonds is 6. The first-order valence-corrected chi connectivity index (χ1v) is 6.54. The van der Waals surface area contributed by atoms with Crippen molar-refractivity contribution in [1.29, 1.82) is 0 Å². The Balaban J connectivity index is 2.92. The molecular weight excluding hydrogens is 274 g/mol. The Morgan fingerprint density at radius 3 is 2.38 bits per heavy atom. The minimum absolute atomic E-state index is 0.0718. The van der Waals surface area contributed by atoms with E-state index < -0.39 is 11.9 Å². The molecule has 0 heterocycles. The van der Waals surface area contributed by atoms with Crippen LogP contribution in [0.25, 0.3) is 0 Å². The second kappa shape index (κ2) is 7.42. The molecule has 1 N–H and O–H groups in total. The van der Waals surface area contributed by atoms with E-state index in [0.29, 0.717) is 5.56 Å². The summed E-state index contributed by atoms with van der Waals surface area (Å²) in [6.45, 7) is 3.41. The van der Waals surface area contributed by atoms with E-state index in [9.17, 15) is 14.4 Å². The molecule has 0 aliphatic carbocycles. The zero-order valence-electron chi connectivity index (χ0n) is 12.3. The predicted molar refractivity (Wildman–Crippen MR) is 76.0 cm³/mol. The summed E-state index contributed by atoms with van der Waals surface area (Å²) in [5.74, 6) is -1.91. The molecule has 1 aromatic carbocycles. The van der Waals surface area contributed by atoms with E-state index in [0.717, 1.165) is 0 Å². The maximum atomic E-state index is 12.3. The van der Waals surface area contributed by atoms with Crippen LogP contribution < -0.4 is 0 Å². The molecule has 114 valence electrons. The summed E-state index contributed by atoms with van der Waals surface area (Å²) in [7, 11) is 1.26. The Kier molecular flexibility index (Phi) is 5.90. The van der Waals surface area contributed by atoms with Gasteiger partial charge in [-0.05, 0) is 25.5 Å². The van der Waals surface area contributed by atoms with E-state index in [1.165, 1.54) is 18.1 Å². The van der Waals surface area contributed by atoms with E-state index in [1.807, 2.05) is 0 Å². The first kappa shape index (κ1) is 16.7. The minimum Gasteiger partial charge on any atom is -0.478 e. The lowest BCUT2D eigenvalue weighted by atomic mass is 10.0. The van der Waals surface area contributed by atoms with Crippen molar-refractivity contribution in [1.82, 2.24) is 4.90 Å². The number of aromatic carboxylic acids is 1. The summed E-state index contributed by atoms with van der Waals surface area (Å²) in [6, 6.07) is 6.14. The van der Waals surface area contributed by atoms with Crippen LogP contribution in [0, 0.1) is 0 Å². The van der Waals surface area contributed by atoms with Gasteiger partial charge in [0.1, 0.15) is 6.54 Å². The fourth-order valence-corrected chi connectivity index (χ4v) is 1.91. The van der Waals surface area contributed by atoms with Crippen LogP contribution in [-0.2, 0) is 20.7 Å². The number of carbonyl (C=O) groups excluding carboxylic acids is 2. The van der Waals surface area contributed by atoms with Crippen molar-refractivity contribution >= 4 is 17.8 Å². The lowest BCUT2D eigenvalue weighted by Crippen LogP contribution is -2.42. The lowest BCUT2D eigenvalue weighted by molar-refractivity contribution is -0.148. The molecule has 0 atom stereocenters. The topological polar surface area (TPSA) is 83.9 Å². The van der Waals surface area contributed by atoms with Crippen LogP contribution in [0.3, 0.4) is 0 Å². The third-order valence-electron chi connectivity index (χ3n) is 3.06. The van der Waals surface area contributed by atoms with Crippen molar-refractivity contribution in [2.45, 2.75) is 26.3 Å². The largest absolute Gasteiger partial charge is 0.478 e. The molecule has 1 aromatic rings. The molecule has 0 spiro atoms. The molecule has 0 aliphatic heterocycles. The molecule has 1 rings (SSSR count). The first-order chi connectivity index (χ1) is 9.86. The number of hydrogen-bond donors (Lipinski definition) is 1. The number of carboxylic acids is 1. The van der Waals surface area contributed by atoms with Crippen molar-refractivity contribution in [2.75, 3.05) is 13.7 Å². The zero-order chi connectivity index (χ0) is 16.0. The summed E-state index contributed by atoms with van der Waals surface area (Å²) >= 11 is 0. The molecule has 0 saturated carbocycles. The summed E-state index contributed by atoms with van der Waals surface area (Å²) in [6.07, 6.45) is -0.0718. The summed E-state index contributed by atoms with van der Waals surface area (Å²) in [5, 5.41) is 9.11. The molecule has 6 nitrogen and oxygen atoms in total. The van der Waals surface area contributed by atoms with Crippen LogP contribution in [0.5, 0.6) is 0 Å². The van der Waals surface area contributed by atoms with Gasteiger partial charge in [-0.25, -0.2) is 4.79 Å². The Bertz CT molecular complexity index is 539. The van der Waals surface area contributed by atoms with E-state index in [2.05, 4.69) is 4.74 Å². The number of carboxylic acid groups (broad SMARTS) is 1. The molecule has 21 heavy (non-hydrogen) atoms. The number of hydrogen-bond acceptors (Lipinski definition) is 4. The Labute approximate surface area is 123 Å². The fraction of sp³-hybridized carbons (Fsp3) is 0.400. The average molecular weight is 293 g/mol. The molecular formula is C15H19NO5. The number of benzene rings is 1. The quantitative estimate of drug-likeness (QED) is 0.800. The molecule has 0 unspecified atom stereocenters. The number of methoxy groups -OCH3 is 1. The molecule has 0 aliphatic rings. The predicted octanol–water partition coefficient (Wildman–Crippen LogP) is 1.34. The minimum atomic E-state index is -1.08. The maximum Gasteiger partial charge on any atom is 0.335 e. The van der Waals surface area contributed by atoms with E-state index in [4.69, 9.17) is 5.11 Å². The number of carbonyl (C=O) groups is 3. The van der Waals surface area contributed by atoms with Gasteiger partial charge in [0.25, 0.3) is 0 Å². The van der Waals surface area contributed by atoms with Gasteiger partial charge in [0.05, 0.1) is 19.1 Å². The van der Waals surface area contributed by atoms with E-state index >= 15 is 0 Å². The van der Waals surface area contributed by atoms with E-state index in [1.54, 1.807) is 32.0 Å². The average Bonchev–Trinajstić information content (AvgIpc) is 2.44. The Morgan fingerprint density at radius 2 is 1.86 bits per heavy atom. The van der Waals surface area contributed by atoms with Gasteiger partial charge in [0.2, 0.25) is 5.91 Å². The van der Waals surface area contributed by atoms with Crippen LogP contribution in [0.15, 0.2) is 24.3 Å². The number of amides is 1. The SMILES string of the molecule is COC(=O)CN(C(=O)Cc1ccccc1C(=O)O)C(C)C. The summed E-state index contributed by atoms with van der Waals surface area (Å²) in [4.78, 5) is 36.2. The van der Waals surface area contributed by atoms with Crippen molar-refractivity contribution in [3.05, 3.63) is 35.4 Å². The standard InChI is InChI=1S/C15H19NO5/c1-10(2)16(9-14(18)21-3)13(17)8-11-6-4-5-7-12(11)15(19)20/h4-7,10H,8-9H2,1-3H3,(H,19,20). The van der Waals surface area contributed by atoms with Gasteiger partial charge in [-0.3, -0.25) is 9.59 Å². The van der Waals surface area contributed by atoms with Gasteiger partial charge < -0.3 is 14.7 Å². The van der Waals surface area contributed by atoms with Crippen LogP contribution in [0.2, 0.25) is 0 Å². The van der Waals surface area contributed by atoms with E-state index in [-0.39, 0.29) is 30.5 Å². The number of nitrogens with zero attached hydrogens (tertiary/aromatic N) is 1. The smallest absolute Gasteiger partial charge is 0.335 e. The van der Waals surface area contributed by atoms with Crippen molar-refractivity contribution in [3.8, 4) is 0 Å². The van der Waals surface area contributed by atoms with Crippen molar-refractivity contribution in [2.24, 2.45) is 0 Å². The highest BCUT2D eigenvalue weighted by atomic mass is 16.5. The number of esters is 1. The molecule has 6 heteroatoms. The second-order valence-corrected chi connectivity index (χ2v) is 4.83. The molecule has 0 saturated heterocycles. The van der Waals surface area contributed by atoms with Gasteiger partial charge >= 0.3 is 11.9 Å². The highest BCUT2D eigenvalue weighted by Crippen LogP contribution is 2.12. The van der Waals surface area contributed by atoms with Crippen molar-refractivity contribution in [3.63, 3.8) is 0 Å². The van der Waals surface area contributed by atoms with Gasteiger partial charge in [0.15, 0.2) is 0 Å². The molecule has 0 aromatic heterocycles. The molecule has 0 bridgehead atoms. The lowest BCUT2D eigenvalue weighted by Gasteiger charge is -2.25. The third-order valence-corrected chi connectivity index (χ3v) is 3.06. The van der Waals surface area contributed by atoms with Crippen LogP contribution in [-0.4, -0.2) is 47.5 Å². The second-order valence-electron chi connectivity index (χ2n) is 4.83. The zero-order valence-corrected chi connectivity index (χ0v) is 12.3. The summed E-state index contributed by atoms with van der Waals surface area (Å²) in [5.41, 5.74) is 0.512. The summed E-state index contributed by atoms with van der Waals surface area (Å²) < 4.78 is 4.57. The normalized spacial score (nSPS) is 10.3. The molecule has 0 fully saturated rings. The molecule has 0 radical (unpaired) electrons.